The maximum atomic E-state index is 12.7. The molecule has 6 nitrogen and oxygen atoms in total. The van der Waals surface area contributed by atoms with Crippen molar-refractivity contribution in [3.63, 3.8) is 0 Å². The van der Waals surface area contributed by atoms with Crippen LogP contribution in [0, 0.1) is 11.8 Å². The van der Waals surface area contributed by atoms with E-state index < -0.39 is 17.8 Å². The largest absolute Gasteiger partial charge is 0.481 e. The summed E-state index contributed by atoms with van der Waals surface area (Å²) >= 11 is 0. The molecular weight excluding hydrogens is 344 g/mol. The molecule has 2 aliphatic rings. The second-order valence-corrected chi connectivity index (χ2v) is 7.40. The van der Waals surface area contributed by atoms with E-state index in [2.05, 4.69) is 12.2 Å². The summed E-state index contributed by atoms with van der Waals surface area (Å²) in [5, 5.41) is 12.1. The summed E-state index contributed by atoms with van der Waals surface area (Å²) in [5.74, 6) is -2.51. The second-order valence-electron chi connectivity index (χ2n) is 7.40. The lowest BCUT2D eigenvalue weighted by molar-refractivity contribution is -0.146. The van der Waals surface area contributed by atoms with Gasteiger partial charge in [-0.1, -0.05) is 12.2 Å². The quantitative estimate of drug-likeness (QED) is 0.796. The predicted molar refractivity (Wildman–Crippen MR) is 102 cm³/mol. The summed E-state index contributed by atoms with van der Waals surface area (Å²) in [6.07, 6.45) is 7.67. The van der Waals surface area contributed by atoms with E-state index in [9.17, 15) is 19.5 Å². The van der Waals surface area contributed by atoms with Crippen LogP contribution >= 0.6 is 0 Å². The number of hydrogen-bond donors (Lipinski definition) is 2. The second kappa shape index (κ2) is 8.37. The Morgan fingerprint density at radius 2 is 1.70 bits per heavy atom. The third-order valence-electron chi connectivity index (χ3n) is 5.55. The van der Waals surface area contributed by atoms with E-state index in [1.54, 1.807) is 24.3 Å². The Morgan fingerprint density at radius 3 is 2.33 bits per heavy atom. The lowest BCUT2D eigenvalue weighted by Crippen LogP contribution is -2.42. The zero-order valence-electron chi connectivity index (χ0n) is 15.6. The summed E-state index contributed by atoms with van der Waals surface area (Å²) in [5.41, 5.74) is 1.17. The fraction of sp³-hybridized carbons (Fsp3) is 0.476. The Morgan fingerprint density at radius 1 is 1.04 bits per heavy atom. The highest BCUT2D eigenvalue weighted by molar-refractivity contribution is 5.97. The molecule has 3 atom stereocenters. The molecule has 27 heavy (non-hydrogen) atoms. The van der Waals surface area contributed by atoms with Crippen LogP contribution in [0.1, 0.15) is 49.4 Å². The van der Waals surface area contributed by atoms with Crippen molar-refractivity contribution in [3.05, 3.63) is 42.0 Å². The van der Waals surface area contributed by atoms with E-state index >= 15 is 0 Å². The molecule has 0 saturated carbocycles. The first-order valence-corrected chi connectivity index (χ1v) is 9.57. The summed E-state index contributed by atoms with van der Waals surface area (Å²) in [6.45, 7) is 2.85. The van der Waals surface area contributed by atoms with Gasteiger partial charge in [0.05, 0.1) is 11.8 Å². The van der Waals surface area contributed by atoms with Crippen LogP contribution in [0.5, 0.6) is 0 Å². The lowest BCUT2D eigenvalue weighted by atomic mass is 9.82. The number of benzene rings is 1. The highest BCUT2D eigenvalue weighted by atomic mass is 16.4. The molecule has 0 bridgehead atoms. The highest BCUT2D eigenvalue weighted by Crippen LogP contribution is 2.27. The van der Waals surface area contributed by atoms with Crippen LogP contribution in [-0.4, -0.2) is 40.4 Å². The van der Waals surface area contributed by atoms with Crippen molar-refractivity contribution in [1.82, 2.24) is 4.90 Å². The van der Waals surface area contributed by atoms with Gasteiger partial charge in [0.2, 0.25) is 5.91 Å². The first-order chi connectivity index (χ1) is 13.0. The number of nitrogens with one attached hydrogen (secondary N) is 1. The topological polar surface area (TPSA) is 86.7 Å². The van der Waals surface area contributed by atoms with E-state index in [0.717, 1.165) is 25.8 Å². The van der Waals surface area contributed by atoms with Gasteiger partial charge < -0.3 is 15.3 Å². The SMILES string of the molecule is CC1CCCCN1C(=O)c1ccc(NC(=O)C2CC=CCC2C(=O)O)cc1. The fourth-order valence-electron chi connectivity index (χ4n) is 3.87. The summed E-state index contributed by atoms with van der Waals surface area (Å²) in [6, 6.07) is 7.09. The zero-order chi connectivity index (χ0) is 19.4. The van der Waals surface area contributed by atoms with Crippen molar-refractivity contribution in [2.45, 2.75) is 45.1 Å². The van der Waals surface area contributed by atoms with Gasteiger partial charge in [-0.3, -0.25) is 14.4 Å². The van der Waals surface area contributed by atoms with Crippen LogP contribution in [0.2, 0.25) is 0 Å². The monoisotopic (exact) mass is 370 g/mol. The molecule has 6 heteroatoms. The number of carbonyl (C=O) groups is 3. The number of nitrogens with zero attached hydrogens (tertiary/aromatic N) is 1. The van der Waals surface area contributed by atoms with Gasteiger partial charge in [0, 0.05) is 23.8 Å². The zero-order valence-corrected chi connectivity index (χ0v) is 15.6. The van der Waals surface area contributed by atoms with Gasteiger partial charge in [-0.15, -0.1) is 0 Å². The Hall–Kier alpha value is -2.63. The minimum atomic E-state index is -0.948. The molecule has 0 aromatic heterocycles. The summed E-state index contributed by atoms with van der Waals surface area (Å²) < 4.78 is 0. The molecule has 1 heterocycles. The van der Waals surface area contributed by atoms with Crippen LogP contribution < -0.4 is 5.32 Å². The molecule has 0 spiro atoms. The minimum Gasteiger partial charge on any atom is -0.481 e. The summed E-state index contributed by atoms with van der Waals surface area (Å²) in [4.78, 5) is 38.5. The molecule has 1 fully saturated rings. The number of aliphatic carboxylic acids is 1. The number of carboxylic acids is 1. The van der Waals surface area contributed by atoms with Crippen molar-refractivity contribution < 1.29 is 19.5 Å². The van der Waals surface area contributed by atoms with Crippen LogP contribution in [0.4, 0.5) is 5.69 Å². The molecule has 144 valence electrons. The van der Waals surface area contributed by atoms with E-state index in [1.165, 1.54) is 0 Å². The number of carbonyl (C=O) groups excluding carboxylic acids is 2. The van der Waals surface area contributed by atoms with Crippen LogP contribution in [0.3, 0.4) is 0 Å². The maximum absolute atomic E-state index is 12.7. The first kappa shape index (κ1) is 19.1. The smallest absolute Gasteiger partial charge is 0.307 e. The number of amides is 2. The molecule has 1 aliphatic heterocycles. The molecular formula is C21H26N2O4. The molecule has 2 N–H and O–H groups in total. The molecule has 3 rings (SSSR count). The van der Waals surface area contributed by atoms with E-state index in [0.29, 0.717) is 24.1 Å². The van der Waals surface area contributed by atoms with Crippen LogP contribution in [0.25, 0.3) is 0 Å². The van der Waals surface area contributed by atoms with Gasteiger partial charge in [-0.05, 0) is 63.3 Å². The van der Waals surface area contributed by atoms with Gasteiger partial charge >= 0.3 is 5.97 Å². The molecule has 2 amide bonds. The summed E-state index contributed by atoms with van der Waals surface area (Å²) in [7, 11) is 0. The van der Waals surface area contributed by atoms with Crippen LogP contribution in [-0.2, 0) is 9.59 Å². The average molecular weight is 370 g/mol. The highest BCUT2D eigenvalue weighted by Gasteiger charge is 2.34. The number of carboxylic acid groups (broad SMARTS) is 1. The van der Waals surface area contributed by atoms with E-state index in [-0.39, 0.29) is 17.9 Å². The number of hydrogen-bond acceptors (Lipinski definition) is 3. The number of rotatable bonds is 4. The third kappa shape index (κ3) is 4.38. The Balaban J connectivity index is 1.65. The molecule has 1 aromatic rings. The van der Waals surface area contributed by atoms with Gasteiger partial charge in [0.15, 0.2) is 0 Å². The van der Waals surface area contributed by atoms with Gasteiger partial charge in [0.25, 0.3) is 5.91 Å². The molecule has 1 aromatic carbocycles. The van der Waals surface area contributed by atoms with Crippen molar-refractivity contribution in [2.75, 3.05) is 11.9 Å². The number of allylic oxidation sites excluding steroid dienone is 2. The standard InChI is InChI=1S/C21H26N2O4/c1-14-6-4-5-13-23(14)20(25)15-9-11-16(12-10-15)22-19(24)17-7-2-3-8-18(17)21(26)27/h2-3,9-12,14,17-18H,4-8,13H2,1H3,(H,22,24)(H,26,27). The normalized spacial score (nSPS) is 25.1. The molecule has 1 aliphatic carbocycles. The Bertz CT molecular complexity index is 741. The average Bonchev–Trinajstić information content (AvgIpc) is 2.68. The van der Waals surface area contributed by atoms with Crippen molar-refractivity contribution in [2.24, 2.45) is 11.8 Å². The Kier molecular flexibility index (Phi) is 5.94. The molecule has 3 unspecified atom stereocenters. The molecule has 1 saturated heterocycles. The predicted octanol–water partition coefficient (Wildman–Crippen LogP) is 3.31. The Labute approximate surface area is 159 Å². The number of likely N-dealkylation sites (tertiary alicyclic amines) is 1. The van der Waals surface area contributed by atoms with Crippen LogP contribution in [0.15, 0.2) is 36.4 Å². The van der Waals surface area contributed by atoms with Gasteiger partial charge in [0.1, 0.15) is 0 Å². The third-order valence-corrected chi connectivity index (χ3v) is 5.55. The van der Waals surface area contributed by atoms with Gasteiger partial charge in [-0.2, -0.15) is 0 Å². The minimum absolute atomic E-state index is 0.0171. The van der Waals surface area contributed by atoms with Gasteiger partial charge in [-0.25, -0.2) is 0 Å². The molecule has 0 radical (unpaired) electrons. The van der Waals surface area contributed by atoms with Crippen molar-refractivity contribution in [3.8, 4) is 0 Å². The van der Waals surface area contributed by atoms with Crippen molar-refractivity contribution >= 4 is 23.5 Å². The van der Waals surface area contributed by atoms with Crippen molar-refractivity contribution in [1.29, 1.82) is 0 Å². The van der Waals surface area contributed by atoms with E-state index in [4.69, 9.17) is 0 Å². The van der Waals surface area contributed by atoms with E-state index in [1.807, 2.05) is 17.1 Å². The lowest BCUT2D eigenvalue weighted by Gasteiger charge is -2.33. The fourth-order valence-corrected chi connectivity index (χ4v) is 3.87. The number of anilines is 1. The number of piperidine rings is 1. The maximum Gasteiger partial charge on any atom is 0.307 e. The first-order valence-electron chi connectivity index (χ1n) is 9.57.